The molecule has 2 rings (SSSR count). The molecular formula is C12H15NO3. The van der Waals surface area contributed by atoms with E-state index in [9.17, 15) is 9.90 Å². The van der Waals surface area contributed by atoms with Crippen molar-refractivity contribution >= 4 is 11.7 Å². The van der Waals surface area contributed by atoms with Gasteiger partial charge in [-0.1, -0.05) is 0 Å². The van der Waals surface area contributed by atoms with Crippen LogP contribution < -0.4 is 5.32 Å². The van der Waals surface area contributed by atoms with Crippen LogP contribution in [-0.2, 0) is 11.2 Å². The Morgan fingerprint density at radius 3 is 2.81 bits per heavy atom. The van der Waals surface area contributed by atoms with Gasteiger partial charge in [0.05, 0.1) is 5.41 Å². The van der Waals surface area contributed by atoms with Crippen LogP contribution in [0.15, 0.2) is 18.2 Å². The standard InChI is InChI=1S/C12H15NO3/c1-12(2,11(15)16)10-6-7-5-8(14)3-4-9(7)13-10/h3-5,10,13-14H,6H2,1-2H3,(H,15,16). The fourth-order valence-corrected chi connectivity index (χ4v) is 1.93. The Morgan fingerprint density at radius 1 is 1.50 bits per heavy atom. The predicted molar refractivity (Wildman–Crippen MR) is 60.6 cm³/mol. The van der Waals surface area contributed by atoms with E-state index in [1.165, 1.54) is 0 Å². The third kappa shape index (κ3) is 1.60. The molecule has 1 atom stereocenters. The third-order valence-electron chi connectivity index (χ3n) is 3.26. The Hall–Kier alpha value is -1.71. The number of hydrogen-bond acceptors (Lipinski definition) is 3. The summed E-state index contributed by atoms with van der Waals surface area (Å²) in [6, 6.07) is 4.92. The highest BCUT2D eigenvalue weighted by Gasteiger charge is 2.40. The highest BCUT2D eigenvalue weighted by molar-refractivity contribution is 5.76. The van der Waals surface area contributed by atoms with Gasteiger partial charge in [0, 0.05) is 11.7 Å². The zero-order chi connectivity index (χ0) is 11.9. The van der Waals surface area contributed by atoms with Gasteiger partial charge in [0.15, 0.2) is 0 Å². The molecule has 4 nitrogen and oxygen atoms in total. The highest BCUT2D eigenvalue weighted by Crippen LogP contribution is 2.36. The van der Waals surface area contributed by atoms with Crippen molar-refractivity contribution < 1.29 is 15.0 Å². The van der Waals surface area contributed by atoms with Gasteiger partial charge < -0.3 is 15.5 Å². The molecule has 1 unspecified atom stereocenters. The van der Waals surface area contributed by atoms with E-state index in [1.807, 2.05) is 0 Å². The molecule has 4 heteroatoms. The smallest absolute Gasteiger partial charge is 0.311 e. The van der Waals surface area contributed by atoms with Crippen LogP contribution in [0.5, 0.6) is 5.75 Å². The van der Waals surface area contributed by atoms with Crippen LogP contribution in [0, 0.1) is 5.41 Å². The van der Waals surface area contributed by atoms with Crippen LogP contribution in [0.1, 0.15) is 19.4 Å². The first kappa shape index (κ1) is 10.8. The molecule has 0 fully saturated rings. The molecule has 0 aromatic heterocycles. The number of nitrogens with one attached hydrogen (secondary N) is 1. The quantitative estimate of drug-likeness (QED) is 0.666. The Morgan fingerprint density at radius 2 is 2.19 bits per heavy atom. The largest absolute Gasteiger partial charge is 0.508 e. The van der Waals surface area contributed by atoms with E-state index >= 15 is 0 Å². The second kappa shape index (κ2) is 3.40. The molecule has 0 saturated heterocycles. The van der Waals surface area contributed by atoms with Crippen LogP contribution in [0.25, 0.3) is 0 Å². The molecule has 1 aromatic rings. The first-order chi connectivity index (χ1) is 7.41. The number of hydrogen-bond donors (Lipinski definition) is 3. The highest BCUT2D eigenvalue weighted by atomic mass is 16.4. The maximum Gasteiger partial charge on any atom is 0.311 e. The number of phenols is 1. The first-order valence-electron chi connectivity index (χ1n) is 5.23. The topological polar surface area (TPSA) is 69.6 Å². The summed E-state index contributed by atoms with van der Waals surface area (Å²) >= 11 is 0. The minimum Gasteiger partial charge on any atom is -0.508 e. The van der Waals surface area contributed by atoms with Gasteiger partial charge in [0.2, 0.25) is 0 Å². The molecule has 0 amide bonds. The van der Waals surface area contributed by atoms with Crippen LogP contribution in [-0.4, -0.2) is 22.2 Å². The van der Waals surface area contributed by atoms with Crippen LogP contribution >= 0.6 is 0 Å². The van der Waals surface area contributed by atoms with Gasteiger partial charge in [0.1, 0.15) is 5.75 Å². The number of anilines is 1. The fraction of sp³-hybridized carbons (Fsp3) is 0.417. The van der Waals surface area contributed by atoms with Crippen molar-refractivity contribution in [1.82, 2.24) is 0 Å². The number of carboxylic acids is 1. The lowest BCUT2D eigenvalue weighted by Gasteiger charge is -2.27. The second-order valence-corrected chi connectivity index (χ2v) is 4.77. The molecule has 86 valence electrons. The Bertz CT molecular complexity index is 440. The van der Waals surface area contributed by atoms with Crippen molar-refractivity contribution in [3.05, 3.63) is 23.8 Å². The van der Waals surface area contributed by atoms with Gasteiger partial charge in [0.25, 0.3) is 0 Å². The van der Waals surface area contributed by atoms with Gasteiger partial charge in [-0.3, -0.25) is 4.79 Å². The molecule has 0 saturated carbocycles. The molecule has 1 heterocycles. The zero-order valence-electron chi connectivity index (χ0n) is 9.32. The Balaban J connectivity index is 2.26. The molecule has 0 radical (unpaired) electrons. The lowest BCUT2D eigenvalue weighted by atomic mass is 9.83. The maximum atomic E-state index is 11.1. The van der Waals surface area contributed by atoms with Gasteiger partial charge in [-0.25, -0.2) is 0 Å². The van der Waals surface area contributed by atoms with E-state index in [0.717, 1.165) is 11.3 Å². The molecule has 0 bridgehead atoms. The van der Waals surface area contributed by atoms with E-state index in [0.29, 0.717) is 6.42 Å². The van der Waals surface area contributed by atoms with Gasteiger partial charge in [-0.15, -0.1) is 0 Å². The maximum absolute atomic E-state index is 11.1. The van der Waals surface area contributed by atoms with Crippen molar-refractivity contribution in [2.45, 2.75) is 26.3 Å². The van der Waals surface area contributed by atoms with E-state index in [2.05, 4.69) is 5.32 Å². The molecule has 1 aliphatic rings. The number of phenolic OH excluding ortho intramolecular Hbond substituents is 1. The summed E-state index contributed by atoms with van der Waals surface area (Å²) in [4.78, 5) is 11.1. The van der Waals surface area contributed by atoms with Crippen molar-refractivity contribution in [1.29, 1.82) is 0 Å². The van der Waals surface area contributed by atoms with Crippen LogP contribution in [0.3, 0.4) is 0 Å². The van der Waals surface area contributed by atoms with Crippen molar-refractivity contribution in [2.24, 2.45) is 5.41 Å². The van der Waals surface area contributed by atoms with Crippen LogP contribution in [0.2, 0.25) is 0 Å². The molecule has 3 N–H and O–H groups in total. The van der Waals surface area contributed by atoms with Crippen molar-refractivity contribution in [2.75, 3.05) is 5.32 Å². The summed E-state index contributed by atoms with van der Waals surface area (Å²) in [5.74, 6) is -0.601. The van der Waals surface area contributed by atoms with Gasteiger partial charge in [-0.2, -0.15) is 0 Å². The number of fused-ring (bicyclic) bond motifs is 1. The lowest BCUT2D eigenvalue weighted by molar-refractivity contribution is -0.147. The summed E-state index contributed by atoms with van der Waals surface area (Å²) in [6.07, 6.45) is 0.628. The summed E-state index contributed by atoms with van der Waals surface area (Å²) in [5, 5.41) is 21.7. The summed E-state index contributed by atoms with van der Waals surface area (Å²) < 4.78 is 0. The number of aliphatic carboxylic acids is 1. The van der Waals surface area contributed by atoms with Crippen molar-refractivity contribution in [3.8, 4) is 5.75 Å². The van der Waals surface area contributed by atoms with Crippen LogP contribution in [0.4, 0.5) is 5.69 Å². The normalized spacial score (nSPS) is 19.0. The average Bonchev–Trinajstić information content (AvgIpc) is 2.60. The van der Waals surface area contributed by atoms with E-state index in [1.54, 1.807) is 32.0 Å². The minimum atomic E-state index is -0.825. The number of carbonyl (C=O) groups is 1. The number of benzene rings is 1. The molecule has 1 aromatic carbocycles. The summed E-state index contributed by atoms with van der Waals surface area (Å²) in [6.45, 7) is 3.41. The average molecular weight is 221 g/mol. The Kier molecular flexibility index (Phi) is 2.30. The molecular weight excluding hydrogens is 206 g/mol. The minimum absolute atomic E-state index is 0.137. The molecule has 16 heavy (non-hydrogen) atoms. The second-order valence-electron chi connectivity index (χ2n) is 4.77. The Labute approximate surface area is 93.9 Å². The molecule has 0 aliphatic carbocycles. The van der Waals surface area contributed by atoms with E-state index in [4.69, 9.17) is 5.11 Å². The van der Waals surface area contributed by atoms with E-state index < -0.39 is 11.4 Å². The summed E-state index contributed by atoms with van der Waals surface area (Å²) in [5.41, 5.74) is 1.06. The molecule has 0 spiro atoms. The number of rotatable bonds is 2. The fourth-order valence-electron chi connectivity index (χ4n) is 1.93. The lowest BCUT2D eigenvalue weighted by Crippen LogP contribution is -2.41. The van der Waals surface area contributed by atoms with E-state index in [-0.39, 0.29) is 11.8 Å². The summed E-state index contributed by atoms with van der Waals surface area (Å²) in [7, 11) is 0. The zero-order valence-corrected chi connectivity index (χ0v) is 9.32. The third-order valence-corrected chi connectivity index (χ3v) is 3.26. The predicted octanol–water partition coefficient (Wildman–Crippen LogP) is 1.84. The van der Waals surface area contributed by atoms with Gasteiger partial charge in [-0.05, 0) is 44.0 Å². The SMILES string of the molecule is CC(C)(C(=O)O)C1Cc2cc(O)ccc2N1. The van der Waals surface area contributed by atoms with Gasteiger partial charge >= 0.3 is 5.97 Å². The molecule has 1 aliphatic heterocycles. The monoisotopic (exact) mass is 221 g/mol. The number of aromatic hydroxyl groups is 1. The van der Waals surface area contributed by atoms with Crippen molar-refractivity contribution in [3.63, 3.8) is 0 Å². The first-order valence-corrected chi connectivity index (χ1v) is 5.23. The number of carboxylic acid groups (broad SMARTS) is 1.